The highest BCUT2D eigenvalue weighted by molar-refractivity contribution is 5.44. The normalized spacial score (nSPS) is 14.2. The first-order valence-electron chi connectivity index (χ1n) is 5.64. The molecule has 1 aromatic rings. The van der Waals surface area contributed by atoms with Crippen LogP contribution in [0.15, 0.2) is 18.2 Å². The number of rotatable bonds is 4. The highest BCUT2D eigenvalue weighted by atomic mass is 16.7. The predicted octanol–water partition coefficient (Wildman–Crippen LogP) is 2.20. The first-order chi connectivity index (χ1) is 7.61. The van der Waals surface area contributed by atoms with Gasteiger partial charge in [-0.2, -0.15) is 0 Å². The van der Waals surface area contributed by atoms with E-state index in [4.69, 9.17) is 9.47 Å². The molecule has 0 radical (unpaired) electrons. The smallest absolute Gasteiger partial charge is 0.231 e. The molecule has 16 heavy (non-hydrogen) atoms. The van der Waals surface area contributed by atoms with E-state index < -0.39 is 0 Å². The Labute approximate surface area is 96.8 Å². The minimum Gasteiger partial charge on any atom is -0.454 e. The van der Waals surface area contributed by atoms with Crippen molar-refractivity contribution in [1.29, 1.82) is 0 Å². The quantitative estimate of drug-likeness (QED) is 0.845. The van der Waals surface area contributed by atoms with Gasteiger partial charge >= 0.3 is 0 Å². The number of hydrogen-bond acceptors (Lipinski definition) is 3. The molecule has 0 fully saturated rings. The maximum Gasteiger partial charge on any atom is 0.231 e. The van der Waals surface area contributed by atoms with E-state index in [0.717, 1.165) is 24.5 Å². The lowest BCUT2D eigenvalue weighted by Crippen LogP contribution is -2.28. The van der Waals surface area contributed by atoms with Gasteiger partial charge in [-0.1, -0.05) is 19.9 Å². The zero-order chi connectivity index (χ0) is 11.6. The Morgan fingerprint density at radius 3 is 2.75 bits per heavy atom. The number of fused-ring (bicyclic) bond motifs is 1. The van der Waals surface area contributed by atoms with Crippen LogP contribution in [0.3, 0.4) is 0 Å². The van der Waals surface area contributed by atoms with Gasteiger partial charge in [0, 0.05) is 6.54 Å². The van der Waals surface area contributed by atoms with Crippen LogP contribution in [0.2, 0.25) is 0 Å². The first kappa shape index (κ1) is 11.3. The fraction of sp³-hybridized carbons (Fsp3) is 0.538. The van der Waals surface area contributed by atoms with Gasteiger partial charge in [-0.25, -0.2) is 0 Å². The van der Waals surface area contributed by atoms with Crippen molar-refractivity contribution in [2.24, 2.45) is 5.41 Å². The van der Waals surface area contributed by atoms with Gasteiger partial charge in [-0.3, -0.25) is 0 Å². The zero-order valence-electron chi connectivity index (χ0n) is 10.2. The van der Waals surface area contributed by atoms with Crippen LogP contribution in [0.5, 0.6) is 11.5 Å². The molecule has 2 rings (SSSR count). The lowest BCUT2D eigenvalue weighted by Gasteiger charge is -2.24. The van der Waals surface area contributed by atoms with Crippen LogP contribution in [0.4, 0.5) is 0 Å². The first-order valence-corrected chi connectivity index (χ1v) is 5.64. The van der Waals surface area contributed by atoms with Crippen LogP contribution in [-0.4, -0.2) is 20.4 Å². The van der Waals surface area contributed by atoms with Crippen molar-refractivity contribution in [3.63, 3.8) is 0 Å². The highest BCUT2D eigenvalue weighted by Crippen LogP contribution is 2.34. The number of benzene rings is 1. The molecule has 0 aromatic heterocycles. The van der Waals surface area contributed by atoms with Crippen LogP contribution in [-0.2, 0) is 6.42 Å². The van der Waals surface area contributed by atoms with Crippen LogP contribution in [0, 0.1) is 5.41 Å². The fourth-order valence-corrected chi connectivity index (χ4v) is 2.14. The van der Waals surface area contributed by atoms with Crippen molar-refractivity contribution in [3.8, 4) is 11.5 Å². The molecule has 0 aliphatic carbocycles. The molecule has 0 unspecified atom stereocenters. The summed E-state index contributed by atoms with van der Waals surface area (Å²) in [6.45, 7) is 5.86. The van der Waals surface area contributed by atoms with Crippen molar-refractivity contribution in [2.45, 2.75) is 20.3 Å². The molecule has 1 aromatic carbocycles. The molecule has 3 heteroatoms. The lowest BCUT2D eigenvalue weighted by molar-refractivity contribution is 0.174. The van der Waals surface area contributed by atoms with Crippen LogP contribution < -0.4 is 14.8 Å². The average molecular weight is 221 g/mol. The van der Waals surface area contributed by atoms with Crippen molar-refractivity contribution in [3.05, 3.63) is 23.8 Å². The molecule has 3 nitrogen and oxygen atoms in total. The molecule has 88 valence electrons. The van der Waals surface area contributed by atoms with E-state index in [1.54, 1.807) is 0 Å². The Kier molecular flexibility index (Phi) is 3.06. The Balaban J connectivity index is 2.10. The van der Waals surface area contributed by atoms with E-state index in [2.05, 4.69) is 31.3 Å². The molecular formula is C13H19NO2. The third kappa shape index (κ3) is 2.47. The van der Waals surface area contributed by atoms with E-state index >= 15 is 0 Å². The zero-order valence-corrected chi connectivity index (χ0v) is 10.2. The molecule has 1 aliphatic heterocycles. The largest absolute Gasteiger partial charge is 0.454 e. The second kappa shape index (κ2) is 4.34. The van der Waals surface area contributed by atoms with Crippen molar-refractivity contribution in [1.82, 2.24) is 5.32 Å². The van der Waals surface area contributed by atoms with E-state index in [9.17, 15) is 0 Å². The highest BCUT2D eigenvalue weighted by Gasteiger charge is 2.20. The summed E-state index contributed by atoms with van der Waals surface area (Å²) in [6, 6.07) is 6.19. The Morgan fingerprint density at radius 1 is 1.25 bits per heavy atom. The summed E-state index contributed by atoms with van der Waals surface area (Å²) < 4.78 is 10.7. The van der Waals surface area contributed by atoms with E-state index in [0.29, 0.717) is 6.79 Å². The summed E-state index contributed by atoms with van der Waals surface area (Å²) in [5.74, 6) is 1.73. The molecule has 1 aliphatic rings. The average Bonchev–Trinajstić information content (AvgIpc) is 2.63. The number of hydrogen-bond donors (Lipinski definition) is 1. The molecule has 0 saturated carbocycles. The minimum atomic E-state index is 0.252. The standard InChI is InChI=1S/C13H19NO2/c1-13(2,8-14-3)7-10-4-5-11-12(6-10)16-9-15-11/h4-6,14H,7-9H2,1-3H3. The summed E-state index contributed by atoms with van der Waals surface area (Å²) in [5, 5.41) is 3.22. The van der Waals surface area contributed by atoms with Gasteiger partial charge in [0.15, 0.2) is 11.5 Å². The van der Waals surface area contributed by atoms with Gasteiger partial charge in [0.05, 0.1) is 0 Å². The summed E-state index contributed by atoms with van der Waals surface area (Å²) in [5.41, 5.74) is 1.55. The molecule has 0 spiro atoms. The summed E-state index contributed by atoms with van der Waals surface area (Å²) in [7, 11) is 1.99. The third-order valence-corrected chi connectivity index (χ3v) is 2.77. The lowest BCUT2D eigenvalue weighted by atomic mass is 9.85. The van der Waals surface area contributed by atoms with Crippen molar-refractivity contribution < 1.29 is 9.47 Å². The molecular weight excluding hydrogens is 202 g/mol. The van der Waals surface area contributed by atoms with Crippen LogP contribution in [0.1, 0.15) is 19.4 Å². The molecule has 0 atom stereocenters. The van der Waals surface area contributed by atoms with Gasteiger partial charge in [0.1, 0.15) is 0 Å². The van der Waals surface area contributed by atoms with Gasteiger partial charge in [-0.15, -0.1) is 0 Å². The fourth-order valence-electron chi connectivity index (χ4n) is 2.14. The maximum absolute atomic E-state index is 5.38. The molecule has 0 saturated heterocycles. The topological polar surface area (TPSA) is 30.5 Å². The predicted molar refractivity (Wildman–Crippen MR) is 64.0 cm³/mol. The second-order valence-electron chi connectivity index (χ2n) is 5.06. The number of nitrogens with one attached hydrogen (secondary N) is 1. The second-order valence-corrected chi connectivity index (χ2v) is 5.06. The van der Waals surface area contributed by atoms with E-state index in [1.807, 2.05) is 13.1 Å². The molecule has 0 amide bonds. The van der Waals surface area contributed by atoms with E-state index in [1.165, 1.54) is 5.56 Å². The van der Waals surface area contributed by atoms with Gasteiger partial charge in [-0.05, 0) is 36.6 Å². The summed E-state index contributed by atoms with van der Waals surface area (Å²) in [4.78, 5) is 0. The summed E-state index contributed by atoms with van der Waals surface area (Å²) in [6.07, 6.45) is 1.03. The monoisotopic (exact) mass is 221 g/mol. The minimum absolute atomic E-state index is 0.252. The Hall–Kier alpha value is -1.22. The summed E-state index contributed by atoms with van der Waals surface area (Å²) >= 11 is 0. The third-order valence-electron chi connectivity index (χ3n) is 2.77. The van der Waals surface area contributed by atoms with Crippen molar-refractivity contribution in [2.75, 3.05) is 20.4 Å². The molecule has 1 heterocycles. The van der Waals surface area contributed by atoms with Crippen LogP contribution in [0.25, 0.3) is 0 Å². The maximum atomic E-state index is 5.38. The van der Waals surface area contributed by atoms with Crippen LogP contribution >= 0.6 is 0 Å². The van der Waals surface area contributed by atoms with E-state index in [-0.39, 0.29) is 5.41 Å². The Morgan fingerprint density at radius 2 is 2.00 bits per heavy atom. The molecule has 1 N–H and O–H groups in total. The van der Waals surface area contributed by atoms with Gasteiger partial charge in [0.2, 0.25) is 6.79 Å². The van der Waals surface area contributed by atoms with Gasteiger partial charge in [0.25, 0.3) is 0 Å². The van der Waals surface area contributed by atoms with Crippen molar-refractivity contribution >= 4 is 0 Å². The SMILES string of the molecule is CNCC(C)(C)Cc1ccc2c(c1)OCO2. The van der Waals surface area contributed by atoms with Gasteiger partial charge < -0.3 is 14.8 Å². The number of ether oxygens (including phenoxy) is 2. The Bertz CT molecular complexity index is 374. The molecule has 0 bridgehead atoms.